The summed E-state index contributed by atoms with van der Waals surface area (Å²) in [6.07, 6.45) is 0. The second kappa shape index (κ2) is 8.25. The molecule has 0 heterocycles. The van der Waals surface area contributed by atoms with Crippen LogP contribution in [0.1, 0.15) is 15.9 Å². The highest BCUT2D eigenvalue weighted by atomic mass is 79.9. The van der Waals surface area contributed by atoms with Gasteiger partial charge >= 0.3 is 0 Å². The van der Waals surface area contributed by atoms with E-state index in [2.05, 4.69) is 21.2 Å². The van der Waals surface area contributed by atoms with Crippen LogP contribution in [0.3, 0.4) is 0 Å². The lowest BCUT2D eigenvalue weighted by atomic mass is 10.1. The van der Waals surface area contributed by atoms with Gasteiger partial charge in [0.1, 0.15) is 0 Å². The molecule has 0 aromatic heterocycles. The predicted octanol–water partition coefficient (Wildman–Crippen LogP) is 4.33. The van der Waals surface area contributed by atoms with Gasteiger partial charge in [-0.1, -0.05) is 28.1 Å². The van der Waals surface area contributed by atoms with Gasteiger partial charge in [-0.3, -0.25) is 14.9 Å². The first-order valence-corrected chi connectivity index (χ1v) is 10.8. The Morgan fingerprint density at radius 3 is 2.33 bits per heavy atom. The van der Waals surface area contributed by atoms with Gasteiger partial charge in [0.2, 0.25) is 9.84 Å². The van der Waals surface area contributed by atoms with Crippen molar-refractivity contribution in [3.63, 3.8) is 0 Å². The molecule has 0 saturated carbocycles. The Hall–Kier alpha value is -3.24. The Kier molecular flexibility index (Phi) is 5.90. The van der Waals surface area contributed by atoms with Gasteiger partial charge in [0.05, 0.1) is 20.3 Å². The summed E-state index contributed by atoms with van der Waals surface area (Å²) in [4.78, 5) is 22.7. The second-order valence-corrected chi connectivity index (χ2v) is 9.11. The molecule has 0 aliphatic heterocycles. The van der Waals surface area contributed by atoms with Crippen molar-refractivity contribution in [1.82, 2.24) is 0 Å². The van der Waals surface area contributed by atoms with Crippen molar-refractivity contribution in [1.29, 1.82) is 0 Å². The summed E-state index contributed by atoms with van der Waals surface area (Å²) < 4.78 is 27.1. The third-order valence-electron chi connectivity index (χ3n) is 4.45. The molecule has 3 rings (SSSR count). The van der Waals surface area contributed by atoms with Crippen molar-refractivity contribution in [2.45, 2.75) is 16.7 Å². The summed E-state index contributed by atoms with van der Waals surface area (Å²) in [5.74, 6) is -0.685. The summed E-state index contributed by atoms with van der Waals surface area (Å²) in [7, 11) is -4.16. The van der Waals surface area contributed by atoms with E-state index in [1.807, 2.05) is 6.07 Å². The maximum absolute atomic E-state index is 13.2. The average Bonchev–Trinajstić information content (AvgIpc) is 2.71. The number of sulfone groups is 1. The van der Waals surface area contributed by atoms with Crippen molar-refractivity contribution in [2.24, 2.45) is 0 Å². The number of carbonyl (C=O) groups excluding carboxylic acids is 1. The van der Waals surface area contributed by atoms with Crippen LogP contribution >= 0.6 is 15.9 Å². The minimum Gasteiger partial charge on any atom is -0.398 e. The summed E-state index contributed by atoms with van der Waals surface area (Å²) in [6, 6.07) is 13.8. The second-order valence-electron chi connectivity index (χ2n) is 6.34. The average molecular weight is 490 g/mol. The maximum atomic E-state index is 13.2. The quantitative estimate of drug-likeness (QED) is 0.311. The van der Waals surface area contributed by atoms with Gasteiger partial charge < -0.3 is 11.1 Å². The van der Waals surface area contributed by atoms with Crippen molar-refractivity contribution in [3.8, 4) is 0 Å². The van der Waals surface area contributed by atoms with Crippen LogP contribution in [0.5, 0.6) is 0 Å². The fraction of sp³-hybridized carbons (Fsp3) is 0.0500. The molecule has 3 aromatic rings. The maximum Gasteiger partial charge on any atom is 0.269 e. The first-order valence-electron chi connectivity index (χ1n) is 8.57. The predicted molar refractivity (Wildman–Crippen MR) is 116 cm³/mol. The van der Waals surface area contributed by atoms with Gasteiger partial charge in [-0.05, 0) is 48.9 Å². The zero-order valence-corrected chi connectivity index (χ0v) is 18.0. The zero-order valence-electron chi connectivity index (χ0n) is 15.6. The standard InChI is InChI=1S/C20H16BrN3O5S/c1-12-15(21)4-2-6-17(12)23-20(25)19-16(22)5-3-7-18(19)30(28,29)14-10-8-13(9-11-14)24(26)27/h2-11H,22H2,1H3,(H,23,25). The molecule has 0 radical (unpaired) electrons. The number of nitrogen functional groups attached to an aromatic ring is 1. The number of nitro groups is 1. The Labute approximate surface area is 180 Å². The van der Waals surface area contributed by atoms with Crippen molar-refractivity contribution < 1.29 is 18.1 Å². The SMILES string of the molecule is Cc1c(Br)cccc1NC(=O)c1c(N)cccc1S(=O)(=O)c1ccc([N+](=O)[O-])cc1. The molecule has 0 saturated heterocycles. The van der Waals surface area contributed by atoms with Crippen molar-refractivity contribution >= 4 is 48.7 Å². The van der Waals surface area contributed by atoms with E-state index in [1.54, 1.807) is 19.1 Å². The largest absolute Gasteiger partial charge is 0.398 e. The number of anilines is 2. The minimum absolute atomic E-state index is 0.0110. The summed E-state index contributed by atoms with van der Waals surface area (Å²) in [5.41, 5.74) is 6.76. The smallest absolute Gasteiger partial charge is 0.269 e. The van der Waals surface area contributed by atoms with Crippen LogP contribution in [-0.4, -0.2) is 19.2 Å². The van der Waals surface area contributed by atoms with Crippen LogP contribution in [0.4, 0.5) is 17.1 Å². The Morgan fingerprint density at radius 1 is 1.07 bits per heavy atom. The molecule has 0 aliphatic carbocycles. The summed E-state index contributed by atoms with van der Waals surface area (Å²) >= 11 is 3.38. The molecule has 0 aliphatic rings. The molecule has 0 atom stereocenters. The molecule has 3 aromatic carbocycles. The van der Waals surface area contributed by atoms with E-state index in [0.717, 1.165) is 34.3 Å². The lowest BCUT2D eigenvalue weighted by Crippen LogP contribution is -2.19. The van der Waals surface area contributed by atoms with E-state index in [9.17, 15) is 23.3 Å². The number of nitrogens with zero attached hydrogens (tertiary/aromatic N) is 1. The Morgan fingerprint density at radius 2 is 1.70 bits per heavy atom. The van der Waals surface area contributed by atoms with E-state index in [1.165, 1.54) is 18.2 Å². The first kappa shape index (κ1) is 21.5. The number of rotatable bonds is 5. The third kappa shape index (κ3) is 4.05. The van der Waals surface area contributed by atoms with Gasteiger partial charge in [-0.2, -0.15) is 0 Å². The van der Waals surface area contributed by atoms with Gasteiger partial charge in [-0.25, -0.2) is 8.42 Å². The van der Waals surface area contributed by atoms with Crippen LogP contribution in [-0.2, 0) is 9.84 Å². The number of hydrogen-bond acceptors (Lipinski definition) is 6. The Balaban J connectivity index is 2.07. The number of non-ortho nitro benzene ring substituents is 1. The number of nitrogens with one attached hydrogen (secondary N) is 1. The van der Waals surface area contributed by atoms with Crippen LogP contribution < -0.4 is 11.1 Å². The first-order chi connectivity index (χ1) is 14.1. The van der Waals surface area contributed by atoms with E-state index >= 15 is 0 Å². The summed E-state index contributed by atoms with van der Waals surface area (Å²) in [5, 5.41) is 13.5. The minimum atomic E-state index is -4.16. The molecule has 0 fully saturated rings. The number of carbonyl (C=O) groups is 1. The molecule has 154 valence electrons. The van der Waals surface area contributed by atoms with E-state index in [4.69, 9.17) is 5.73 Å². The molecule has 30 heavy (non-hydrogen) atoms. The van der Waals surface area contributed by atoms with Crippen LogP contribution in [0.25, 0.3) is 0 Å². The molecule has 10 heteroatoms. The Bertz CT molecular complexity index is 1260. The number of halogens is 1. The highest BCUT2D eigenvalue weighted by Gasteiger charge is 2.27. The van der Waals surface area contributed by atoms with Crippen molar-refractivity contribution in [3.05, 3.63) is 86.4 Å². The van der Waals surface area contributed by atoms with Gasteiger partial charge in [0.15, 0.2) is 0 Å². The summed E-state index contributed by atoms with van der Waals surface area (Å²) in [6.45, 7) is 1.79. The van der Waals surface area contributed by atoms with Crippen molar-refractivity contribution in [2.75, 3.05) is 11.1 Å². The molecule has 0 spiro atoms. The fourth-order valence-electron chi connectivity index (χ4n) is 2.82. The fourth-order valence-corrected chi connectivity index (χ4v) is 4.67. The molecule has 3 N–H and O–H groups in total. The van der Waals surface area contributed by atoms with E-state index in [0.29, 0.717) is 5.69 Å². The van der Waals surface area contributed by atoms with E-state index < -0.39 is 20.7 Å². The van der Waals surface area contributed by atoms with Gasteiger partial charge in [-0.15, -0.1) is 0 Å². The molecule has 1 amide bonds. The topological polar surface area (TPSA) is 132 Å². The molecule has 0 unspecified atom stereocenters. The molecular weight excluding hydrogens is 474 g/mol. The molecule has 0 bridgehead atoms. The van der Waals surface area contributed by atoms with Crippen LogP contribution in [0.15, 0.2) is 74.9 Å². The number of nitro benzene ring substituents is 1. The zero-order chi connectivity index (χ0) is 22.1. The lowest BCUT2D eigenvalue weighted by molar-refractivity contribution is -0.384. The number of hydrogen-bond donors (Lipinski definition) is 2. The molecule has 8 nitrogen and oxygen atoms in total. The highest BCUT2D eigenvalue weighted by Crippen LogP contribution is 2.30. The van der Waals surface area contributed by atoms with Gasteiger partial charge in [0.25, 0.3) is 11.6 Å². The van der Waals surface area contributed by atoms with Gasteiger partial charge in [0, 0.05) is 28.0 Å². The highest BCUT2D eigenvalue weighted by molar-refractivity contribution is 9.10. The van der Waals surface area contributed by atoms with Crippen LogP contribution in [0.2, 0.25) is 0 Å². The van der Waals surface area contributed by atoms with Crippen LogP contribution in [0, 0.1) is 17.0 Å². The monoisotopic (exact) mass is 489 g/mol. The van der Waals surface area contributed by atoms with E-state index in [-0.39, 0.29) is 26.7 Å². The lowest BCUT2D eigenvalue weighted by Gasteiger charge is -2.15. The normalized spacial score (nSPS) is 11.1. The number of amides is 1. The number of nitrogens with two attached hydrogens (primary N) is 1. The molecular formula is C20H16BrN3O5S. The third-order valence-corrected chi connectivity index (χ3v) is 7.12. The number of benzene rings is 3.